The van der Waals surface area contributed by atoms with Gasteiger partial charge in [0.05, 0.1) is 24.8 Å². The second-order valence-electron chi connectivity index (χ2n) is 10.2. The van der Waals surface area contributed by atoms with Crippen LogP contribution in [0.2, 0.25) is 0 Å². The van der Waals surface area contributed by atoms with Crippen molar-refractivity contribution in [3.63, 3.8) is 0 Å². The van der Waals surface area contributed by atoms with Gasteiger partial charge in [-0.1, -0.05) is 12.1 Å². The molecule has 0 unspecified atom stereocenters. The van der Waals surface area contributed by atoms with Gasteiger partial charge in [0.15, 0.2) is 0 Å². The maximum absolute atomic E-state index is 13.4. The number of hydrogen-bond acceptors (Lipinski definition) is 7. The molecule has 1 amide bonds. The number of fused-ring (bicyclic) bond motifs is 1. The molecule has 2 fully saturated rings. The van der Waals surface area contributed by atoms with Crippen LogP contribution >= 0.6 is 0 Å². The van der Waals surface area contributed by atoms with E-state index in [0.29, 0.717) is 25.3 Å². The minimum atomic E-state index is -0.649. The standard InChI is InChI=1S/C29H35N3O5/c1-19-17-22-18-21(7-10-24(22)37-19)27(33)25-26(20-5-8-23(9-6-20)30(2)3)32(29(35)28(25)34)12-4-11-31-13-15-36-16-14-31/h5-10,18-19,26,33H,4,11-17H2,1-3H3/t19-,26-/m0/s1. The lowest BCUT2D eigenvalue weighted by Gasteiger charge is -2.29. The Balaban J connectivity index is 1.49. The SMILES string of the molecule is C[C@H]1Cc2cc(C(O)=C3C(=O)C(=O)N(CCCN4CCOCC4)[C@H]3c3ccc(N(C)C)cc3)ccc2O1. The number of likely N-dealkylation sites (tertiary alicyclic amines) is 1. The average Bonchev–Trinajstić information content (AvgIpc) is 3.40. The Kier molecular flexibility index (Phi) is 7.22. The van der Waals surface area contributed by atoms with Crippen molar-refractivity contribution in [2.75, 3.05) is 58.4 Å². The molecule has 2 saturated heterocycles. The zero-order valence-electron chi connectivity index (χ0n) is 21.8. The van der Waals surface area contributed by atoms with Crippen LogP contribution in [0.3, 0.4) is 0 Å². The largest absolute Gasteiger partial charge is 0.507 e. The number of carbonyl (C=O) groups excluding carboxylic acids is 2. The van der Waals surface area contributed by atoms with Crippen LogP contribution in [0.1, 0.15) is 36.1 Å². The van der Waals surface area contributed by atoms with E-state index in [2.05, 4.69) is 4.90 Å². The molecular formula is C29H35N3O5. The van der Waals surface area contributed by atoms with Crippen molar-refractivity contribution in [2.45, 2.75) is 31.9 Å². The molecule has 0 aliphatic carbocycles. The second-order valence-corrected chi connectivity index (χ2v) is 10.2. The molecule has 3 aliphatic heterocycles. The van der Waals surface area contributed by atoms with Crippen LogP contribution in [0, 0.1) is 0 Å². The fourth-order valence-corrected chi connectivity index (χ4v) is 5.43. The molecular weight excluding hydrogens is 470 g/mol. The fourth-order valence-electron chi connectivity index (χ4n) is 5.43. The minimum Gasteiger partial charge on any atom is -0.507 e. The van der Waals surface area contributed by atoms with Crippen LogP contribution in [0.4, 0.5) is 5.69 Å². The Morgan fingerprint density at radius 1 is 1.05 bits per heavy atom. The molecule has 0 radical (unpaired) electrons. The minimum absolute atomic E-state index is 0.0691. The number of amides is 1. The van der Waals surface area contributed by atoms with Gasteiger partial charge in [-0.2, -0.15) is 0 Å². The highest BCUT2D eigenvalue weighted by molar-refractivity contribution is 6.46. The Bertz CT molecular complexity index is 1200. The predicted molar refractivity (Wildman–Crippen MR) is 142 cm³/mol. The summed E-state index contributed by atoms with van der Waals surface area (Å²) in [6.07, 6.45) is 1.54. The van der Waals surface area contributed by atoms with Crippen molar-refractivity contribution >= 4 is 23.1 Å². The molecule has 196 valence electrons. The lowest BCUT2D eigenvalue weighted by molar-refractivity contribution is -0.140. The molecule has 0 spiro atoms. The molecule has 37 heavy (non-hydrogen) atoms. The topological polar surface area (TPSA) is 82.5 Å². The van der Waals surface area contributed by atoms with E-state index in [1.165, 1.54) is 0 Å². The van der Waals surface area contributed by atoms with Crippen molar-refractivity contribution in [2.24, 2.45) is 0 Å². The molecule has 5 rings (SSSR count). The van der Waals surface area contributed by atoms with Gasteiger partial charge in [-0.15, -0.1) is 0 Å². The van der Waals surface area contributed by atoms with Crippen molar-refractivity contribution < 1.29 is 24.2 Å². The number of morpholine rings is 1. The highest BCUT2D eigenvalue weighted by Crippen LogP contribution is 2.41. The number of aliphatic hydroxyl groups is 1. The van der Waals surface area contributed by atoms with Gasteiger partial charge in [0, 0.05) is 57.9 Å². The molecule has 2 aromatic rings. The van der Waals surface area contributed by atoms with Crippen LogP contribution in [-0.4, -0.2) is 86.2 Å². The molecule has 3 heterocycles. The molecule has 8 nitrogen and oxygen atoms in total. The smallest absolute Gasteiger partial charge is 0.295 e. The third kappa shape index (κ3) is 5.08. The van der Waals surface area contributed by atoms with E-state index >= 15 is 0 Å². The van der Waals surface area contributed by atoms with Gasteiger partial charge in [-0.25, -0.2) is 0 Å². The summed E-state index contributed by atoms with van der Waals surface area (Å²) in [7, 11) is 3.93. The van der Waals surface area contributed by atoms with Crippen molar-refractivity contribution in [1.82, 2.24) is 9.80 Å². The molecule has 0 bridgehead atoms. The normalized spacial score (nSPS) is 23.3. The van der Waals surface area contributed by atoms with Crippen molar-refractivity contribution in [1.29, 1.82) is 0 Å². The van der Waals surface area contributed by atoms with Crippen LogP contribution in [-0.2, 0) is 20.7 Å². The summed E-state index contributed by atoms with van der Waals surface area (Å²) in [5.74, 6) is -0.555. The number of rotatable bonds is 7. The Morgan fingerprint density at radius 2 is 1.78 bits per heavy atom. The summed E-state index contributed by atoms with van der Waals surface area (Å²) in [6.45, 7) is 6.42. The monoisotopic (exact) mass is 505 g/mol. The molecule has 0 aromatic heterocycles. The lowest BCUT2D eigenvalue weighted by Crippen LogP contribution is -2.38. The first-order valence-electron chi connectivity index (χ1n) is 13.0. The number of carbonyl (C=O) groups is 2. The van der Waals surface area contributed by atoms with E-state index in [-0.39, 0.29) is 17.4 Å². The molecule has 2 aromatic carbocycles. The zero-order chi connectivity index (χ0) is 26.1. The summed E-state index contributed by atoms with van der Waals surface area (Å²) in [4.78, 5) is 32.6. The first kappa shape index (κ1) is 25.3. The van der Waals surface area contributed by atoms with E-state index in [0.717, 1.165) is 55.0 Å². The van der Waals surface area contributed by atoms with Crippen LogP contribution < -0.4 is 9.64 Å². The first-order valence-corrected chi connectivity index (χ1v) is 13.0. The number of benzene rings is 2. The van der Waals surface area contributed by atoms with Gasteiger partial charge in [0.1, 0.15) is 17.6 Å². The predicted octanol–water partition coefficient (Wildman–Crippen LogP) is 3.22. The van der Waals surface area contributed by atoms with E-state index < -0.39 is 17.7 Å². The summed E-state index contributed by atoms with van der Waals surface area (Å²) in [5, 5.41) is 11.4. The quantitative estimate of drug-likeness (QED) is 0.352. The summed E-state index contributed by atoms with van der Waals surface area (Å²) in [5.41, 5.74) is 3.47. The van der Waals surface area contributed by atoms with Crippen molar-refractivity contribution in [3.8, 4) is 5.75 Å². The van der Waals surface area contributed by atoms with E-state index in [4.69, 9.17) is 9.47 Å². The number of Topliss-reactive ketones (excluding diaryl/α,β-unsaturated/α-hetero) is 1. The van der Waals surface area contributed by atoms with Gasteiger partial charge in [0.25, 0.3) is 11.7 Å². The Morgan fingerprint density at radius 3 is 2.49 bits per heavy atom. The maximum atomic E-state index is 13.4. The summed E-state index contributed by atoms with van der Waals surface area (Å²) in [6, 6.07) is 12.6. The fraction of sp³-hybridized carbons (Fsp3) is 0.448. The number of nitrogens with zero attached hydrogens (tertiary/aromatic N) is 3. The zero-order valence-corrected chi connectivity index (χ0v) is 21.8. The number of hydrogen-bond donors (Lipinski definition) is 1. The second kappa shape index (κ2) is 10.6. The average molecular weight is 506 g/mol. The van der Waals surface area contributed by atoms with Gasteiger partial charge >= 0.3 is 0 Å². The highest BCUT2D eigenvalue weighted by Gasteiger charge is 2.46. The summed E-state index contributed by atoms with van der Waals surface area (Å²) < 4.78 is 11.2. The maximum Gasteiger partial charge on any atom is 0.295 e. The van der Waals surface area contributed by atoms with Gasteiger partial charge in [-0.05, 0) is 54.8 Å². The van der Waals surface area contributed by atoms with Crippen LogP contribution in [0.5, 0.6) is 5.75 Å². The first-order chi connectivity index (χ1) is 17.8. The van der Waals surface area contributed by atoms with Crippen molar-refractivity contribution in [3.05, 3.63) is 64.7 Å². The molecule has 2 atom stereocenters. The third-order valence-corrected chi connectivity index (χ3v) is 7.41. The highest BCUT2D eigenvalue weighted by atomic mass is 16.5. The van der Waals surface area contributed by atoms with Crippen LogP contribution in [0.15, 0.2) is 48.0 Å². The third-order valence-electron chi connectivity index (χ3n) is 7.41. The van der Waals surface area contributed by atoms with E-state index in [9.17, 15) is 14.7 Å². The van der Waals surface area contributed by atoms with E-state index in [1.54, 1.807) is 11.0 Å². The van der Waals surface area contributed by atoms with Gasteiger partial charge < -0.3 is 24.4 Å². The Labute approximate surface area is 218 Å². The number of anilines is 1. The molecule has 1 N–H and O–H groups in total. The van der Waals surface area contributed by atoms with Crippen LogP contribution in [0.25, 0.3) is 5.76 Å². The molecule has 8 heteroatoms. The molecule has 3 aliphatic rings. The number of ketones is 1. The number of ether oxygens (including phenoxy) is 2. The number of aliphatic hydroxyl groups excluding tert-OH is 1. The Hall–Kier alpha value is -3.36. The molecule has 0 saturated carbocycles. The van der Waals surface area contributed by atoms with Gasteiger partial charge in [-0.3, -0.25) is 14.5 Å². The van der Waals surface area contributed by atoms with Gasteiger partial charge in [0.2, 0.25) is 0 Å². The van der Waals surface area contributed by atoms with E-state index in [1.807, 2.05) is 62.3 Å². The lowest BCUT2D eigenvalue weighted by atomic mass is 9.94. The summed E-state index contributed by atoms with van der Waals surface area (Å²) >= 11 is 0.